The molecule has 3 rings (SSSR count). The van der Waals surface area contributed by atoms with E-state index in [1.165, 1.54) is 0 Å². The van der Waals surface area contributed by atoms with Crippen LogP contribution in [0, 0.1) is 6.92 Å². The van der Waals surface area contributed by atoms with Gasteiger partial charge < -0.3 is 10.2 Å². The second-order valence-corrected chi connectivity index (χ2v) is 6.11. The molecule has 106 valence electrons. The number of hydrogen-bond donors (Lipinski definition) is 1. The third kappa shape index (κ3) is 3.32. The van der Waals surface area contributed by atoms with Crippen LogP contribution in [0.3, 0.4) is 0 Å². The second kappa shape index (κ2) is 6.28. The Bertz CT molecular complexity index is 534. The Hall–Kier alpha value is -1.53. The van der Waals surface area contributed by atoms with Crippen molar-refractivity contribution in [2.45, 2.75) is 32.4 Å². The zero-order chi connectivity index (χ0) is 13.8. The van der Waals surface area contributed by atoms with Gasteiger partial charge in [0.25, 0.3) is 0 Å². The highest BCUT2D eigenvalue weighted by Gasteiger charge is 2.20. The molecule has 1 aliphatic heterocycles. The quantitative estimate of drug-likeness (QED) is 0.933. The SMILES string of the molecule is Cc1nc(CNC2CCN(c3ncccn3)CC2)cs1. The minimum atomic E-state index is 0.567. The lowest BCUT2D eigenvalue weighted by atomic mass is 10.1. The number of thiazole rings is 1. The van der Waals surface area contributed by atoms with E-state index < -0.39 is 0 Å². The molecule has 3 heterocycles. The van der Waals surface area contributed by atoms with Crippen LogP contribution in [0.4, 0.5) is 5.95 Å². The normalized spacial score (nSPS) is 16.6. The maximum atomic E-state index is 4.48. The van der Waals surface area contributed by atoms with Crippen molar-refractivity contribution in [2.24, 2.45) is 0 Å². The largest absolute Gasteiger partial charge is 0.341 e. The third-order valence-corrected chi connectivity index (χ3v) is 4.39. The van der Waals surface area contributed by atoms with Gasteiger partial charge in [0.2, 0.25) is 5.95 Å². The predicted molar refractivity (Wildman–Crippen MR) is 81.0 cm³/mol. The van der Waals surface area contributed by atoms with Gasteiger partial charge in [-0.25, -0.2) is 15.0 Å². The first-order valence-corrected chi connectivity index (χ1v) is 7.85. The van der Waals surface area contributed by atoms with E-state index in [-0.39, 0.29) is 0 Å². The van der Waals surface area contributed by atoms with Crippen LogP contribution >= 0.6 is 11.3 Å². The first kappa shape index (κ1) is 13.5. The smallest absolute Gasteiger partial charge is 0.225 e. The predicted octanol–water partition coefficient (Wildman–Crippen LogP) is 2.00. The first-order chi connectivity index (χ1) is 9.81. The van der Waals surface area contributed by atoms with Crippen LogP contribution in [0.2, 0.25) is 0 Å². The summed E-state index contributed by atoms with van der Waals surface area (Å²) < 4.78 is 0. The molecule has 0 unspecified atom stereocenters. The molecule has 1 aliphatic rings. The Morgan fingerprint density at radius 1 is 1.30 bits per heavy atom. The van der Waals surface area contributed by atoms with Crippen molar-refractivity contribution >= 4 is 17.3 Å². The van der Waals surface area contributed by atoms with Crippen LogP contribution in [0.1, 0.15) is 23.5 Å². The Morgan fingerprint density at radius 3 is 2.70 bits per heavy atom. The molecule has 5 nitrogen and oxygen atoms in total. The van der Waals surface area contributed by atoms with Crippen molar-refractivity contribution < 1.29 is 0 Å². The highest BCUT2D eigenvalue weighted by molar-refractivity contribution is 7.09. The maximum absolute atomic E-state index is 4.48. The molecule has 0 aliphatic carbocycles. The highest BCUT2D eigenvalue weighted by Crippen LogP contribution is 2.16. The molecule has 2 aromatic rings. The van der Waals surface area contributed by atoms with Crippen LogP contribution in [-0.2, 0) is 6.54 Å². The lowest BCUT2D eigenvalue weighted by Crippen LogP contribution is -2.42. The molecule has 1 N–H and O–H groups in total. The van der Waals surface area contributed by atoms with E-state index in [9.17, 15) is 0 Å². The molecular formula is C14H19N5S. The summed E-state index contributed by atoms with van der Waals surface area (Å²) in [6.45, 7) is 4.94. The molecule has 0 aromatic carbocycles. The molecule has 0 bridgehead atoms. The number of rotatable bonds is 4. The Kier molecular flexibility index (Phi) is 4.22. The zero-order valence-corrected chi connectivity index (χ0v) is 12.4. The minimum Gasteiger partial charge on any atom is -0.341 e. The summed E-state index contributed by atoms with van der Waals surface area (Å²) >= 11 is 1.71. The fourth-order valence-corrected chi connectivity index (χ4v) is 3.09. The zero-order valence-electron chi connectivity index (χ0n) is 11.6. The standard InChI is InChI=1S/C14H19N5S/c1-11-18-13(10-20-11)9-17-12-3-7-19(8-4-12)14-15-5-2-6-16-14/h2,5-6,10,12,17H,3-4,7-9H2,1H3. The van der Waals surface area contributed by atoms with Gasteiger partial charge in [0.05, 0.1) is 10.7 Å². The molecule has 0 radical (unpaired) electrons. The van der Waals surface area contributed by atoms with Crippen LogP contribution in [0.25, 0.3) is 0 Å². The van der Waals surface area contributed by atoms with E-state index in [1.807, 2.05) is 13.0 Å². The van der Waals surface area contributed by atoms with E-state index in [1.54, 1.807) is 23.7 Å². The summed E-state index contributed by atoms with van der Waals surface area (Å²) in [5, 5.41) is 6.87. The Morgan fingerprint density at radius 2 is 2.05 bits per heavy atom. The summed E-state index contributed by atoms with van der Waals surface area (Å²) in [4.78, 5) is 15.4. The topological polar surface area (TPSA) is 53.9 Å². The molecule has 0 atom stereocenters. The molecule has 1 saturated heterocycles. The number of nitrogens with zero attached hydrogens (tertiary/aromatic N) is 4. The lowest BCUT2D eigenvalue weighted by Gasteiger charge is -2.32. The van der Waals surface area contributed by atoms with Crippen molar-refractivity contribution in [3.8, 4) is 0 Å². The minimum absolute atomic E-state index is 0.567. The number of aryl methyl sites for hydroxylation is 1. The van der Waals surface area contributed by atoms with Gasteiger partial charge in [-0.3, -0.25) is 0 Å². The van der Waals surface area contributed by atoms with E-state index >= 15 is 0 Å². The van der Waals surface area contributed by atoms with E-state index in [2.05, 4.69) is 30.5 Å². The van der Waals surface area contributed by atoms with Crippen molar-refractivity contribution in [1.82, 2.24) is 20.3 Å². The van der Waals surface area contributed by atoms with Crippen LogP contribution < -0.4 is 10.2 Å². The Balaban J connectivity index is 1.47. The molecule has 0 spiro atoms. The lowest BCUT2D eigenvalue weighted by molar-refractivity contribution is 0.409. The second-order valence-electron chi connectivity index (χ2n) is 5.05. The monoisotopic (exact) mass is 289 g/mol. The first-order valence-electron chi connectivity index (χ1n) is 6.97. The maximum Gasteiger partial charge on any atom is 0.225 e. The molecular weight excluding hydrogens is 270 g/mol. The van der Waals surface area contributed by atoms with E-state index in [0.717, 1.165) is 49.1 Å². The third-order valence-electron chi connectivity index (χ3n) is 3.57. The fraction of sp³-hybridized carbons (Fsp3) is 0.500. The van der Waals surface area contributed by atoms with E-state index in [0.29, 0.717) is 6.04 Å². The van der Waals surface area contributed by atoms with Crippen molar-refractivity contribution in [3.63, 3.8) is 0 Å². The van der Waals surface area contributed by atoms with Gasteiger partial charge in [-0.15, -0.1) is 11.3 Å². The van der Waals surface area contributed by atoms with Crippen LogP contribution in [0.15, 0.2) is 23.8 Å². The van der Waals surface area contributed by atoms with Gasteiger partial charge in [-0.1, -0.05) is 0 Å². The number of nitrogens with one attached hydrogen (secondary N) is 1. The fourth-order valence-electron chi connectivity index (χ4n) is 2.48. The van der Waals surface area contributed by atoms with Crippen molar-refractivity contribution in [3.05, 3.63) is 34.5 Å². The summed E-state index contributed by atoms with van der Waals surface area (Å²) in [6.07, 6.45) is 5.86. The van der Waals surface area contributed by atoms with E-state index in [4.69, 9.17) is 0 Å². The molecule has 20 heavy (non-hydrogen) atoms. The molecule has 2 aromatic heterocycles. The summed E-state index contributed by atoms with van der Waals surface area (Å²) in [6, 6.07) is 2.42. The van der Waals surface area contributed by atoms with Gasteiger partial charge in [0.15, 0.2) is 0 Å². The highest BCUT2D eigenvalue weighted by atomic mass is 32.1. The van der Waals surface area contributed by atoms with Gasteiger partial charge in [0.1, 0.15) is 0 Å². The number of anilines is 1. The average molecular weight is 289 g/mol. The summed E-state index contributed by atoms with van der Waals surface area (Å²) in [5.41, 5.74) is 1.15. The molecule has 6 heteroatoms. The number of hydrogen-bond acceptors (Lipinski definition) is 6. The Labute approximate surface area is 123 Å². The summed E-state index contributed by atoms with van der Waals surface area (Å²) in [5.74, 6) is 0.848. The molecule has 0 saturated carbocycles. The molecule has 1 fully saturated rings. The van der Waals surface area contributed by atoms with Gasteiger partial charge in [0, 0.05) is 43.4 Å². The van der Waals surface area contributed by atoms with Gasteiger partial charge in [-0.05, 0) is 25.8 Å². The van der Waals surface area contributed by atoms with Crippen molar-refractivity contribution in [1.29, 1.82) is 0 Å². The number of piperidine rings is 1. The molecule has 0 amide bonds. The van der Waals surface area contributed by atoms with Crippen molar-refractivity contribution in [2.75, 3.05) is 18.0 Å². The van der Waals surface area contributed by atoms with Crippen LogP contribution in [0.5, 0.6) is 0 Å². The number of aromatic nitrogens is 3. The van der Waals surface area contributed by atoms with Gasteiger partial charge >= 0.3 is 0 Å². The summed E-state index contributed by atoms with van der Waals surface area (Å²) in [7, 11) is 0. The van der Waals surface area contributed by atoms with Gasteiger partial charge in [-0.2, -0.15) is 0 Å². The average Bonchev–Trinajstić information content (AvgIpc) is 2.92. The van der Waals surface area contributed by atoms with Crippen LogP contribution in [-0.4, -0.2) is 34.1 Å².